The van der Waals surface area contributed by atoms with Crippen LogP contribution in [0.2, 0.25) is 0 Å². The van der Waals surface area contributed by atoms with E-state index >= 15 is 0 Å². The molecule has 0 aliphatic heterocycles. The lowest BCUT2D eigenvalue weighted by atomic mass is 10.2. The van der Waals surface area contributed by atoms with Crippen molar-refractivity contribution in [1.29, 1.82) is 0 Å². The molecule has 0 aliphatic carbocycles. The molecule has 0 fully saturated rings. The van der Waals surface area contributed by atoms with Gasteiger partial charge in [0.05, 0.1) is 12.1 Å². The summed E-state index contributed by atoms with van der Waals surface area (Å²) >= 11 is 0. The second-order valence-electron chi connectivity index (χ2n) is 5.75. The molecule has 0 bridgehead atoms. The highest BCUT2D eigenvalue weighted by Crippen LogP contribution is 2.25. The Bertz CT molecular complexity index is 1100. The molecular formula is C18H14F3N5. The molecule has 0 amide bonds. The lowest BCUT2D eigenvalue weighted by molar-refractivity contribution is 0.496. The van der Waals surface area contributed by atoms with Gasteiger partial charge in [0.2, 0.25) is 0 Å². The van der Waals surface area contributed by atoms with Crippen molar-refractivity contribution in [3.05, 3.63) is 66.1 Å². The summed E-state index contributed by atoms with van der Waals surface area (Å²) in [5.41, 5.74) is 1.26. The monoisotopic (exact) mass is 357 g/mol. The van der Waals surface area contributed by atoms with E-state index in [2.05, 4.69) is 15.0 Å². The zero-order chi connectivity index (χ0) is 18.3. The van der Waals surface area contributed by atoms with E-state index in [-0.39, 0.29) is 17.9 Å². The van der Waals surface area contributed by atoms with E-state index < -0.39 is 17.5 Å². The van der Waals surface area contributed by atoms with Gasteiger partial charge in [0.1, 0.15) is 23.0 Å². The van der Waals surface area contributed by atoms with Gasteiger partial charge in [-0.3, -0.25) is 0 Å². The molecule has 0 atom stereocenters. The van der Waals surface area contributed by atoms with E-state index in [1.54, 1.807) is 23.0 Å². The first kappa shape index (κ1) is 16.3. The molecule has 0 unspecified atom stereocenters. The van der Waals surface area contributed by atoms with Gasteiger partial charge in [0.15, 0.2) is 17.3 Å². The van der Waals surface area contributed by atoms with Gasteiger partial charge in [-0.1, -0.05) is 0 Å². The summed E-state index contributed by atoms with van der Waals surface area (Å²) < 4.78 is 44.8. The van der Waals surface area contributed by atoms with E-state index in [0.29, 0.717) is 18.4 Å². The van der Waals surface area contributed by atoms with Crippen LogP contribution in [-0.4, -0.2) is 24.1 Å². The van der Waals surface area contributed by atoms with E-state index in [9.17, 15) is 13.2 Å². The fraction of sp³-hybridized carbons (Fsp3) is 0.167. The van der Waals surface area contributed by atoms with Gasteiger partial charge in [0.25, 0.3) is 0 Å². The van der Waals surface area contributed by atoms with Crippen LogP contribution < -0.4 is 0 Å². The van der Waals surface area contributed by atoms with Crippen LogP contribution in [0.4, 0.5) is 13.2 Å². The number of benzene rings is 1. The van der Waals surface area contributed by atoms with Crippen LogP contribution in [-0.2, 0) is 13.1 Å². The van der Waals surface area contributed by atoms with Gasteiger partial charge in [-0.2, -0.15) is 0 Å². The summed E-state index contributed by atoms with van der Waals surface area (Å²) in [6.45, 7) is 2.88. The molecule has 0 radical (unpaired) electrons. The Labute approximate surface area is 146 Å². The van der Waals surface area contributed by atoms with Crippen molar-refractivity contribution in [3.63, 3.8) is 0 Å². The van der Waals surface area contributed by atoms with Gasteiger partial charge in [-0.05, 0) is 25.1 Å². The fourth-order valence-corrected chi connectivity index (χ4v) is 3.01. The van der Waals surface area contributed by atoms with Crippen molar-refractivity contribution in [3.8, 4) is 11.4 Å². The normalized spacial score (nSPS) is 11.4. The number of fused-ring (bicyclic) bond motifs is 1. The van der Waals surface area contributed by atoms with Crippen LogP contribution in [0, 0.1) is 17.5 Å². The minimum absolute atomic E-state index is 0.128. The Hall–Kier alpha value is -3.16. The molecule has 4 aromatic rings. The molecule has 26 heavy (non-hydrogen) atoms. The summed E-state index contributed by atoms with van der Waals surface area (Å²) in [5.74, 6) is -2.43. The third-order valence-corrected chi connectivity index (χ3v) is 4.16. The zero-order valence-corrected chi connectivity index (χ0v) is 13.8. The van der Waals surface area contributed by atoms with E-state index in [1.807, 2.05) is 17.6 Å². The van der Waals surface area contributed by atoms with Crippen LogP contribution in [0.25, 0.3) is 22.6 Å². The molecule has 4 rings (SSSR count). The molecule has 0 saturated heterocycles. The van der Waals surface area contributed by atoms with E-state index in [0.717, 1.165) is 17.2 Å². The summed E-state index contributed by atoms with van der Waals surface area (Å²) in [6, 6.07) is 5.09. The molecular weight excluding hydrogens is 343 g/mol. The number of hydrogen-bond acceptors (Lipinski definition) is 3. The first-order valence-corrected chi connectivity index (χ1v) is 8.04. The van der Waals surface area contributed by atoms with Crippen LogP contribution in [0.3, 0.4) is 0 Å². The highest BCUT2D eigenvalue weighted by Gasteiger charge is 2.18. The summed E-state index contributed by atoms with van der Waals surface area (Å²) in [7, 11) is 0. The maximum Gasteiger partial charge on any atom is 0.169 e. The molecule has 0 spiro atoms. The number of rotatable bonds is 4. The first-order valence-electron chi connectivity index (χ1n) is 8.04. The van der Waals surface area contributed by atoms with Crippen LogP contribution in [0.5, 0.6) is 0 Å². The summed E-state index contributed by atoms with van der Waals surface area (Å²) in [6.07, 6.45) is 4.76. The Morgan fingerprint density at radius 2 is 1.92 bits per heavy atom. The third kappa shape index (κ3) is 2.63. The SMILES string of the molecule is CCn1c(Cn2ccnc2-c2cc(F)cc(F)c2F)nc2cccnc21. The standard InChI is InChI=1S/C18H14F3N5/c1-2-26-15(24-14-4-3-5-22-18(14)26)10-25-7-6-23-17(25)12-8-11(19)9-13(20)16(12)21/h3-9H,2,10H2,1H3. The van der Waals surface area contributed by atoms with Crippen molar-refractivity contribution in [2.45, 2.75) is 20.0 Å². The van der Waals surface area contributed by atoms with Crippen molar-refractivity contribution in [2.24, 2.45) is 0 Å². The fourth-order valence-electron chi connectivity index (χ4n) is 3.01. The molecule has 8 heteroatoms. The third-order valence-electron chi connectivity index (χ3n) is 4.16. The Balaban J connectivity index is 1.80. The number of pyridine rings is 1. The average molecular weight is 357 g/mol. The molecule has 1 aromatic carbocycles. The van der Waals surface area contributed by atoms with Crippen LogP contribution >= 0.6 is 0 Å². The summed E-state index contributed by atoms with van der Waals surface area (Å²) in [4.78, 5) is 13.0. The number of hydrogen-bond donors (Lipinski definition) is 0. The molecule has 132 valence electrons. The quantitative estimate of drug-likeness (QED) is 0.522. The van der Waals surface area contributed by atoms with Crippen molar-refractivity contribution in [2.75, 3.05) is 0 Å². The Kier molecular flexibility index (Phi) is 3.95. The average Bonchev–Trinajstić information content (AvgIpc) is 3.22. The van der Waals surface area contributed by atoms with Gasteiger partial charge >= 0.3 is 0 Å². The largest absolute Gasteiger partial charge is 0.323 e. The molecule has 3 aromatic heterocycles. The van der Waals surface area contributed by atoms with Gasteiger partial charge in [-0.25, -0.2) is 28.1 Å². The smallest absolute Gasteiger partial charge is 0.169 e. The molecule has 0 aliphatic rings. The topological polar surface area (TPSA) is 48.5 Å². The van der Waals surface area contributed by atoms with Crippen molar-refractivity contribution in [1.82, 2.24) is 24.1 Å². The van der Waals surface area contributed by atoms with Gasteiger partial charge in [-0.15, -0.1) is 0 Å². The molecule has 3 heterocycles. The Morgan fingerprint density at radius 1 is 1.08 bits per heavy atom. The van der Waals surface area contributed by atoms with Crippen molar-refractivity contribution < 1.29 is 13.2 Å². The highest BCUT2D eigenvalue weighted by atomic mass is 19.2. The minimum Gasteiger partial charge on any atom is -0.323 e. The van der Waals surface area contributed by atoms with Crippen LogP contribution in [0.15, 0.2) is 42.9 Å². The van der Waals surface area contributed by atoms with Crippen molar-refractivity contribution >= 4 is 11.2 Å². The lowest BCUT2D eigenvalue weighted by Gasteiger charge is -2.10. The molecule has 0 saturated carbocycles. The van der Waals surface area contributed by atoms with Crippen LogP contribution in [0.1, 0.15) is 12.7 Å². The summed E-state index contributed by atoms with van der Waals surface area (Å²) in [5, 5.41) is 0. The second-order valence-corrected chi connectivity index (χ2v) is 5.75. The van der Waals surface area contributed by atoms with Gasteiger partial charge < -0.3 is 9.13 Å². The second kappa shape index (κ2) is 6.29. The number of nitrogens with zero attached hydrogens (tertiary/aromatic N) is 5. The first-order chi connectivity index (χ1) is 12.6. The number of halogens is 3. The highest BCUT2D eigenvalue weighted by molar-refractivity contribution is 5.71. The maximum atomic E-state index is 14.2. The van der Waals surface area contributed by atoms with E-state index in [4.69, 9.17) is 0 Å². The number of imidazole rings is 2. The lowest BCUT2D eigenvalue weighted by Crippen LogP contribution is -2.09. The predicted molar refractivity (Wildman–Crippen MR) is 89.8 cm³/mol. The number of aromatic nitrogens is 5. The minimum atomic E-state index is -1.25. The van der Waals surface area contributed by atoms with Gasteiger partial charge in [0, 0.05) is 31.2 Å². The van der Waals surface area contributed by atoms with E-state index in [1.165, 1.54) is 6.20 Å². The Morgan fingerprint density at radius 3 is 2.73 bits per heavy atom. The number of aryl methyl sites for hydroxylation is 1. The zero-order valence-electron chi connectivity index (χ0n) is 13.8. The maximum absolute atomic E-state index is 14.2. The molecule has 0 N–H and O–H groups in total. The molecule has 5 nitrogen and oxygen atoms in total. The predicted octanol–water partition coefficient (Wildman–Crippen LogP) is 3.78.